The van der Waals surface area contributed by atoms with Crippen molar-refractivity contribution in [1.82, 2.24) is 5.32 Å². The van der Waals surface area contributed by atoms with Gasteiger partial charge in [0.25, 0.3) is 9.05 Å². The highest BCUT2D eigenvalue weighted by Gasteiger charge is 2.26. The van der Waals surface area contributed by atoms with Crippen LogP contribution in [0, 0.1) is 5.92 Å². The van der Waals surface area contributed by atoms with Crippen LogP contribution in [0.2, 0.25) is 0 Å². The minimum absolute atomic E-state index is 0.0532. The summed E-state index contributed by atoms with van der Waals surface area (Å²) in [6, 6.07) is 2.97. The summed E-state index contributed by atoms with van der Waals surface area (Å²) >= 11 is 1.09. The summed E-state index contributed by atoms with van der Waals surface area (Å²) in [5.41, 5.74) is 0. The van der Waals surface area contributed by atoms with Gasteiger partial charge in [-0.25, -0.2) is 8.42 Å². The second kappa shape index (κ2) is 5.19. The molecule has 2 rings (SSSR count). The Balaban J connectivity index is 2.02. The second-order valence-corrected chi connectivity index (χ2v) is 8.36. The van der Waals surface area contributed by atoms with Crippen molar-refractivity contribution in [2.75, 3.05) is 0 Å². The third-order valence-corrected chi connectivity index (χ3v) is 6.46. The average Bonchev–Trinajstić information content (AvgIpc) is 2.61. The molecular weight excluding hydrogens is 294 g/mol. The van der Waals surface area contributed by atoms with Gasteiger partial charge in [0.1, 0.15) is 4.21 Å². The van der Waals surface area contributed by atoms with Crippen LogP contribution in [0.4, 0.5) is 0 Å². The Bertz CT molecular complexity index is 548. The second-order valence-electron chi connectivity index (χ2n) is 4.45. The van der Waals surface area contributed by atoms with Gasteiger partial charge in [0.2, 0.25) is 5.91 Å². The fourth-order valence-corrected chi connectivity index (χ4v) is 3.87. The van der Waals surface area contributed by atoms with Crippen LogP contribution in [-0.4, -0.2) is 14.3 Å². The first-order valence-corrected chi connectivity index (χ1v) is 8.85. The first-order valence-electron chi connectivity index (χ1n) is 5.72. The maximum Gasteiger partial charge on any atom is 0.270 e. The number of nitrogens with one attached hydrogen (secondary N) is 1. The molecule has 0 saturated heterocycles. The van der Waals surface area contributed by atoms with Crippen molar-refractivity contribution in [2.24, 2.45) is 5.92 Å². The predicted octanol–water partition coefficient (Wildman–Crippen LogP) is 2.65. The lowest BCUT2D eigenvalue weighted by Gasteiger charge is -2.25. The van der Waals surface area contributed by atoms with Gasteiger partial charge in [0, 0.05) is 21.5 Å². The highest BCUT2D eigenvalue weighted by molar-refractivity contribution is 8.15. The molecule has 0 bridgehead atoms. The average molecular weight is 308 g/mol. The maximum atomic E-state index is 11.8. The van der Waals surface area contributed by atoms with Gasteiger partial charge in [-0.1, -0.05) is 6.42 Å². The minimum Gasteiger partial charge on any atom is -0.349 e. The van der Waals surface area contributed by atoms with Crippen molar-refractivity contribution in [1.29, 1.82) is 0 Å². The Morgan fingerprint density at radius 3 is 2.61 bits per heavy atom. The summed E-state index contributed by atoms with van der Waals surface area (Å²) in [5.74, 6) is 0.182. The molecule has 1 fully saturated rings. The summed E-state index contributed by atoms with van der Waals surface area (Å²) in [6.07, 6.45) is 3.01. The van der Waals surface area contributed by atoms with Crippen molar-refractivity contribution in [3.05, 3.63) is 17.0 Å². The van der Waals surface area contributed by atoms with E-state index >= 15 is 0 Å². The van der Waals surface area contributed by atoms with Crippen molar-refractivity contribution in [3.63, 3.8) is 0 Å². The van der Waals surface area contributed by atoms with Crippen molar-refractivity contribution in [3.8, 4) is 0 Å². The third kappa shape index (κ3) is 3.05. The van der Waals surface area contributed by atoms with Gasteiger partial charge in [-0.15, -0.1) is 11.3 Å². The smallest absolute Gasteiger partial charge is 0.270 e. The molecule has 7 heteroatoms. The number of amides is 1. The lowest BCUT2D eigenvalue weighted by atomic mass is 9.84. The highest BCUT2D eigenvalue weighted by Crippen LogP contribution is 2.30. The van der Waals surface area contributed by atoms with Gasteiger partial charge >= 0.3 is 0 Å². The van der Waals surface area contributed by atoms with Gasteiger partial charge in [-0.2, -0.15) is 0 Å². The predicted molar refractivity (Wildman–Crippen MR) is 71.3 cm³/mol. The molecule has 1 aromatic rings. The van der Waals surface area contributed by atoms with Crippen molar-refractivity contribution < 1.29 is 13.2 Å². The van der Waals surface area contributed by atoms with E-state index in [1.807, 2.05) is 6.92 Å². The molecule has 0 radical (unpaired) electrons. The van der Waals surface area contributed by atoms with Crippen LogP contribution in [-0.2, 0) is 13.8 Å². The van der Waals surface area contributed by atoms with Crippen LogP contribution in [0.3, 0.4) is 0 Å². The molecule has 0 aromatic carbocycles. The number of thiophene rings is 1. The van der Waals surface area contributed by atoms with Crippen LogP contribution in [0.15, 0.2) is 16.3 Å². The molecule has 18 heavy (non-hydrogen) atoms. The van der Waals surface area contributed by atoms with E-state index in [9.17, 15) is 13.2 Å². The molecule has 0 spiro atoms. The SMILES string of the molecule is CC(NC(=O)C1CCC1)c1ccc(S(=O)(=O)Cl)s1. The molecular formula is C11H14ClNO3S2. The normalized spacial score (nSPS) is 18.1. The zero-order chi connectivity index (χ0) is 13.3. The van der Waals surface area contributed by atoms with Gasteiger partial charge in [0.15, 0.2) is 0 Å². The number of halogens is 1. The monoisotopic (exact) mass is 307 g/mol. The van der Waals surface area contributed by atoms with Crippen LogP contribution < -0.4 is 5.32 Å². The number of hydrogen-bond donors (Lipinski definition) is 1. The van der Waals surface area contributed by atoms with Crippen molar-refractivity contribution >= 4 is 37.0 Å². The number of hydrogen-bond acceptors (Lipinski definition) is 4. The van der Waals surface area contributed by atoms with E-state index in [-0.39, 0.29) is 22.1 Å². The third-order valence-electron chi connectivity index (χ3n) is 3.10. The zero-order valence-electron chi connectivity index (χ0n) is 9.85. The first-order chi connectivity index (χ1) is 8.38. The van der Waals surface area contributed by atoms with E-state index in [1.54, 1.807) is 6.07 Å². The molecule has 1 saturated carbocycles. The van der Waals surface area contributed by atoms with E-state index in [2.05, 4.69) is 5.32 Å². The number of carbonyl (C=O) groups is 1. The fourth-order valence-electron chi connectivity index (χ4n) is 1.77. The van der Waals surface area contributed by atoms with Crippen LogP contribution in [0.1, 0.15) is 37.1 Å². The molecule has 1 aromatic heterocycles. The van der Waals surface area contributed by atoms with E-state index in [0.717, 1.165) is 35.5 Å². The Morgan fingerprint density at radius 2 is 2.17 bits per heavy atom. The van der Waals surface area contributed by atoms with Gasteiger partial charge < -0.3 is 5.32 Å². The quantitative estimate of drug-likeness (QED) is 0.870. The molecule has 1 atom stereocenters. The molecule has 1 aliphatic rings. The Hall–Kier alpha value is -0.590. The van der Waals surface area contributed by atoms with Crippen LogP contribution in [0.5, 0.6) is 0 Å². The topological polar surface area (TPSA) is 63.2 Å². The largest absolute Gasteiger partial charge is 0.349 e. The minimum atomic E-state index is -3.68. The van der Waals surface area contributed by atoms with E-state index in [4.69, 9.17) is 10.7 Å². The zero-order valence-corrected chi connectivity index (χ0v) is 12.2. The number of carbonyl (C=O) groups excluding carboxylic acids is 1. The van der Waals surface area contributed by atoms with Gasteiger partial charge in [-0.05, 0) is 31.9 Å². The summed E-state index contributed by atoms with van der Waals surface area (Å²) in [7, 11) is 1.58. The van der Waals surface area contributed by atoms with Gasteiger partial charge in [0.05, 0.1) is 6.04 Å². The molecule has 0 aliphatic heterocycles. The summed E-state index contributed by atoms with van der Waals surface area (Å²) in [6.45, 7) is 1.84. The van der Waals surface area contributed by atoms with Crippen LogP contribution >= 0.6 is 22.0 Å². The Labute approximate surface area is 115 Å². The van der Waals surface area contributed by atoms with E-state index in [0.29, 0.717) is 0 Å². The van der Waals surface area contributed by atoms with Crippen molar-refractivity contribution in [2.45, 2.75) is 36.4 Å². The summed E-state index contributed by atoms with van der Waals surface area (Å²) in [5, 5.41) is 2.90. The van der Waals surface area contributed by atoms with Gasteiger partial charge in [-0.3, -0.25) is 4.79 Å². The van der Waals surface area contributed by atoms with E-state index in [1.165, 1.54) is 6.07 Å². The van der Waals surface area contributed by atoms with E-state index < -0.39 is 9.05 Å². The summed E-state index contributed by atoms with van der Waals surface area (Å²) < 4.78 is 22.4. The van der Waals surface area contributed by atoms with Crippen LogP contribution in [0.25, 0.3) is 0 Å². The molecule has 1 aliphatic carbocycles. The lowest BCUT2D eigenvalue weighted by molar-refractivity contribution is -0.128. The first kappa shape index (κ1) is 13.8. The highest BCUT2D eigenvalue weighted by atomic mass is 35.7. The molecule has 1 N–H and O–H groups in total. The summed E-state index contributed by atoms with van der Waals surface area (Å²) in [4.78, 5) is 12.6. The fraction of sp³-hybridized carbons (Fsp3) is 0.545. The molecule has 1 heterocycles. The lowest BCUT2D eigenvalue weighted by Crippen LogP contribution is -2.35. The maximum absolute atomic E-state index is 11.8. The Kier molecular flexibility index (Phi) is 3.99. The Morgan fingerprint density at radius 1 is 1.50 bits per heavy atom. The molecule has 1 amide bonds. The standard InChI is InChI=1S/C11H14ClNO3S2/c1-7(13-11(14)8-3-2-4-8)9-5-6-10(17-9)18(12,15)16/h5-8H,2-4H2,1H3,(H,13,14). The molecule has 100 valence electrons. The number of rotatable bonds is 4. The molecule has 1 unspecified atom stereocenters. The molecule has 4 nitrogen and oxygen atoms in total.